The first-order valence-corrected chi connectivity index (χ1v) is 5.78. The number of nitrogens with one attached hydrogen (secondary N) is 1. The zero-order chi connectivity index (χ0) is 11.5. The molecule has 1 fully saturated rings. The summed E-state index contributed by atoms with van der Waals surface area (Å²) in [6.45, 7) is 4.81. The molecule has 0 bridgehead atoms. The summed E-state index contributed by atoms with van der Waals surface area (Å²) in [4.78, 5) is 2.15. The van der Waals surface area contributed by atoms with Gasteiger partial charge in [0.05, 0.1) is 12.7 Å². The highest BCUT2D eigenvalue weighted by Crippen LogP contribution is 2.25. The topological polar surface area (TPSA) is 24.5 Å². The SMILES string of the molecule is Cc1ccc(C2CNCCO2)cc1N(C)C. The summed E-state index contributed by atoms with van der Waals surface area (Å²) in [5.74, 6) is 0. The van der Waals surface area contributed by atoms with Crippen LogP contribution in [0, 0.1) is 6.92 Å². The van der Waals surface area contributed by atoms with Crippen LogP contribution < -0.4 is 10.2 Å². The maximum Gasteiger partial charge on any atom is 0.0950 e. The van der Waals surface area contributed by atoms with E-state index in [4.69, 9.17) is 4.74 Å². The molecule has 1 aliphatic heterocycles. The zero-order valence-electron chi connectivity index (χ0n) is 10.3. The Balaban J connectivity index is 2.24. The molecule has 0 saturated carbocycles. The van der Waals surface area contributed by atoms with Gasteiger partial charge in [-0.05, 0) is 24.1 Å². The summed E-state index contributed by atoms with van der Waals surface area (Å²) in [7, 11) is 4.15. The lowest BCUT2D eigenvalue weighted by Crippen LogP contribution is -2.33. The molecule has 3 nitrogen and oxygen atoms in total. The Morgan fingerprint density at radius 2 is 2.19 bits per heavy atom. The van der Waals surface area contributed by atoms with Crippen molar-refractivity contribution < 1.29 is 4.74 Å². The van der Waals surface area contributed by atoms with Gasteiger partial charge in [-0.15, -0.1) is 0 Å². The number of hydrogen-bond acceptors (Lipinski definition) is 3. The van der Waals surface area contributed by atoms with E-state index in [1.54, 1.807) is 0 Å². The lowest BCUT2D eigenvalue weighted by atomic mass is 10.0. The molecular formula is C13H20N2O. The minimum absolute atomic E-state index is 0.202. The van der Waals surface area contributed by atoms with Crippen LogP contribution in [0.3, 0.4) is 0 Å². The number of morpholine rings is 1. The van der Waals surface area contributed by atoms with Crippen molar-refractivity contribution in [3.05, 3.63) is 29.3 Å². The van der Waals surface area contributed by atoms with Crippen molar-refractivity contribution >= 4 is 5.69 Å². The lowest BCUT2D eigenvalue weighted by molar-refractivity contribution is 0.0277. The summed E-state index contributed by atoms with van der Waals surface area (Å²) in [6.07, 6.45) is 0.202. The van der Waals surface area contributed by atoms with Gasteiger partial charge >= 0.3 is 0 Å². The third-order valence-electron chi connectivity index (χ3n) is 3.01. The molecular weight excluding hydrogens is 200 g/mol. The van der Waals surface area contributed by atoms with Crippen molar-refractivity contribution in [2.45, 2.75) is 13.0 Å². The van der Waals surface area contributed by atoms with Crippen LogP contribution in [0.5, 0.6) is 0 Å². The first kappa shape index (κ1) is 11.4. The highest BCUT2D eigenvalue weighted by molar-refractivity contribution is 5.54. The highest BCUT2D eigenvalue weighted by Gasteiger charge is 2.16. The molecule has 1 unspecified atom stereocenters. The molecule has 0 radical (unpaired) electrons. The Kier molecular flexibility index (Phi) is 3.46. The van der Waals surface area contributed by atoms with Crippen LogP contribution in [0.25, 0.3) is 0 Å². The second kappa shape index (κ2) is 4.85. The van der Waals surface area contributed by atoms with Gasteiger partial charge < -0.3 is 15.0 Å². The van der Waals surface area contributed by atoms with Gasteiger partial charge in [0.2, 0.25) is 0 Å². The molecule has 16 heavy (non-hydrogen) atoms. The molecule has 1 atom stereocenters. The van der Waals surface area contributed by atoms with Gasteiger partial charge in [0, 0.05) is 32.9 Å². The van der Waals surface area contributed by atoms with Crippen LogP contribution >= 0.6 is 0 Å². The third-order valence-corrected chi connectivity index (χ3v) is 3.01. The van der Waals surface area contributed by atoms with Gasteiger partial charge in [0.25, 0.3) is 0 Å². The third kappa shape index (κ3) is 2.36. The lowest BCUT2D eigenvalue weighted by Gasteiger charge is -2.25. The fourth-order valence-electron chi connectivity index (χ4n) is 2.09. The fourth-order valence-corrected chi connectivity index (χ4v) is 2.09. The number of hydrogen-bond donors (Lipinski definition) is 1. The van der Waals surface area contributed by atoms with Crippen LogP contribution in [0.4, 0.5) is 5.69 Å². The van der Waals surface area contributed by atoms with Crippen molar-refractivity contribution in [3.8, 4) is 0 Å². The summed E-state index contributed by atoms with van der Waals surface area (Å²) >= 11 is 0. The van der Waals surface area contributed by atoms with Crippen LogP contribution in [0.15, 0.2) is 18.2 Å². The second-order valence-corrected chi connectivity index (χ2v) is 4.50. The normalized spacial score (nSPS) is 20.8. The van der Waals surface area contributed by atoms with Crippen molar-refractivity contribution in [2.75, 3.05) is 38.7 Å². The molecule has 2 rings (SSSR count). The Morgan fingerprint density at radius 1 is 1.38 bits per heavy atom. The molecule has 1 heterocycles. The number of nitrogens with zero attached hydrogens (tertiary/aromatic N) is 1. The van der Waals surface area contributed by atoms with Crippen LogP contribution in [-0.4, -0.2) is 33.8 Å². The molecule has 0 amide bonds. The Bertz CT molecular complexity index is 357. The zero-order valence-corrected chi connectivity index (χ0v) is 10.3. The van der Waals surface area contributed by atoms with E-state index in [9.17, 15) is 0 Å². The maximum absolute atomic E-state index is 5.76. The van der Waals surface area contributed by atoms with Crippen LogP contribution in [0.1, 0.15) is 17.2 Å². The Labute approximate surface area is 97.4 Å². The van der Waals surface area contributed by atoms with Crippen molar-refractivity contribution in [1.29, 1.82) is 0 Å². The Hall–Kier alpha value is -1.06. The van der Waals surface area contributed by atoms with Gasteiger partial charge in [0.15, 0.2) is 0 Å². The average Bonchev–Trinajstić information content (AvgIpc) is 2.30. The fraction of sp³-hybridized carbons (Fsp3) is 0.538. The van der Waals surface area contributed by atoms with Gasteiger partial charge in [-0.3, -0.25) is 0 Å². The molecule has 0 aliphatic carbocycles. The van der Waals surface area contributed by atoms with E-state index in [2.05, 4.69) is 49.4 Å². The largest absolute Gasteiger partial charge is 0.377 e. The van der Waals surface area contributed by atoms with E-state index in [1.807, 2.05) is 0 Å². The van der Waals surface area contributed by atoms with E-state index in [0.717, 1.165) is 19.7 Å². The van der Waals surface area contributed by atoms with Gasteiger partial charge in [-0.1, -0.05) is 12.1 Å². The quantitative estimate of drug-likeness (QED) is 0.821. The van der Waals surface area contributed by atoms with Gasteiger partial charge in [-0.25, -0.2) is 0 Å². The number of anilines is 1. The van der Waals surface area contributed by atoms with E-state index in [1.165, 1.54) is 16.8 Å². The minimum atomic E-state index is 0.202. The predicted molar refractivity (Wildman–Crippen MR) is 67.1 cm³/mol. The molecule has 0 spiro atoms. The summed E-state index contributed by atoms with van der Waals surface area (Å²) in [5, 5.41) is 3.36. The van der Waals surface area contributed by atoms with Crippen molar-refractivity contribution in [1.82, 2.24) is 5.32 Å². The van der Waals surface area contributed by atoms with E-state index < -0.39 is 0 Å². The standard InChI is InChI=1S/C13H20N2O/c1-10-4-5-11(8-12(10)15(2)3)13-9-14-6-7-16-13/h4-5,8,13-14H,6-7,9H2,1-3H3. The van der Waals surface area contributed by atoms with Crippen molar-refractivity contribution in [2.24, 2.45) is 0 Å². The number of benzene rings is 1. The molecule has 3 heteroatoms. The minimum Gasteiger partial charge on any atom is -0.377 e. The predicted octanol–water partition coefficient (Wildman–Crippen LogP) is 1.72. The molecule has 1 N–H and O–H groups in total. The average molecular weight is 220 g/mol. The molecule has 1 aliphatic rings. The first-order valence-electron chi connectivity index (χ1n) is 5.78. The van der Waals surface area contributed by atoms with E-state index >= 15 is 0 Å². The number of aryl methyl sites for hydroxylation is 1. The number of ether oxygens (including phenoxy) is 1. The monoisotopic (exact) mass is 220 g/mol. The molecule has 88 valence electrons. The molecule has 1 aromatic carbocycles. The van der Waals surface area contributed by atoms with Gasteiger partial charge in [-0.2, -0.15) is 0 Å². The van der Waals surface area contributed by atoms with E-state index in [0.29, 0.717) is 0 Å². The summed E-state index contributed by atoms with van der Waals surface area (Å²) in [6, 6.07) is 6.57. The first-order chi connectivity index (χ1) is 7.68. The van der Waals surface area contributed by atoms with Crippen molar-refractivity contribution in [3.63, 3.8) is 0 Å². The molecule has 0 aromatic heterocycles. The Morgan fingerprint density at radius 3 is 2.81 bits per heavy atom. The van der Waals surface area contributed by atoms with E-state index in [-0.39, 0.29) is 6.10 Å². The highest BCUT2D eigenvalue weighted by atomic mass is 16.5. The summed E-state index contributed by atoms with van der Waals surface area (Å²) in [5.41, 5.74) is 3.84. The molecule has 1 aromatic rings. The smallest absolute Gasteiger partial charge is 0.0950 e. The molecule has 1 saturated heterocycles. The summed E-state index contributed by atoms with van der Waals surface area (Å²) < 4.78 is 5.76. The van der Waals surface area contributed by atoms with Crippen LogP contribution in [-0.2, 0) is 4.74 Å². The second-order valence-electron chi connectivity index (χ2n) is 4.50. The van der Waals surface area contributed by atoms with Gasteiger partial charge in [0.1, 0.15) is 0 Å². The maximum atomic E-state index is 5.76. The number of rotatable bonds is 2. The van der Waals surface area contributed by atoms with Crippen LogP contribution in [0.2, 0.25) is 0 Å².